The van der Waals surface area contributed by atoms with Gasteiger partial charge in [0.25, 0.3) is 5.91 Å². The van der Waals surface area contributed by atoms with Crippen LogP contribution >= 0.6 is 0 Å². The summed E-state index contributed by atoms with van der Waals surface area (Å²) in [6.07, 6.45) is 0. The van der Waals surface area contributed by atoms with Crippen molar-refractivity contribution in [2.24, 2.45) is 0 Å². The van der Waals surface area contributed by atoms with E-state index in [2.05, 4.69) is 0 Å². The fourth-order valence-corrected chi connectivity index (χ4v) is 2.30. The first-order valence-corrected chi connectivity index (χ1v) is 6.71. The van der Waals surface area contributed by atoms with E-state index in [1.807, 2.05) is 45.0 Å². The Kier molecular flexibility index (Phi) is 4.08. The van der Waals surface area contributed by atoms with Gasteiger partial charge in [-0.1, -0.05) is 23.8 Å². The van der Waals surface area contributed by atoms with E-state index >= 15 is 0 Å². The van der Waals surface area contributed by atoms with Gasteiger partial charge < -0.3 is 10.0 Å². The maximum Gasteiger partial charge on any atom is 0.258 e. The Hall–Kier alpha value is -2.29. The summed E-state index contributed by atoms with van der Waals surface area (Å²) in [6.45, 7) is 6.42. The molecule has 0 atom stereocenters. The first kappa shape index (κ1) is 14.1. The highest BCUT2D eigenvalue weighted by Crippen LogP contribution is 2.23. The third kappa shape index (κ3) is 2.82. The summed E-state index contributed by atoms with van der Waals surface area (Å²) in [7, 11) is 0. The quantitative estimate of drug-likeness (QED) is 0.923. The first-order chi connectivity index (χ1) is 9.52. The normalized spacial score (nSPS) is 10.3. The number of phenolic OH excluding ortho intramolecular Hbond substituents is 1. The molecule has 0 aromatic heterocycles. The predicted molar refractivity (Wildman–Crippen MR) is 81.4 cm³/mol. The third-order valence-electron chi connectivity index (χ3n) is 3.32. The van der Waals surface area contributed by atoms with E-state index in [0.717, 1.165) is 11.1 Å². The van der Waals surface area contributed by atoms with Gasteiger partial charge in [0.2, 0.25) is 0 Å². The molecule has 0 aliphatic carbocycles. The number of anilines is 1. The molecular formula is C17H19NO2. The molecule has 0 heterocycles. The Morgan fingerprint density at radius 1 is 1.15 bits per heavy atom. The number of amides is 1. The van der Waals surface area contributed by atoms with E-state index in [4.69, 9.17) is 0 Å². The third-order valence-corrected chi connectivity index (χ3v) is 3.32. The lowest BCUT2D eigenvalue weighted by molar-refractivity contribution is 0.0987. The topological polar surface area (TPSA) is 40.5 Å². The molecule has 0 fully saturated rings. The highest BCUT2D eigenvalue weighted by atomic mass is 16.3. The Morgan fingerprint density at radius 2 is 1.90 bits per heavy atom. The Balaban J connectivity index is 2.39. The van der Waals surface area contributed by atoms with Crippen molar-refractivity contribution in [1.29, 1.82) is 0 Å². The zero-order valence-electron chi connectivity index (χ0n) is 12.1. The molecule has 104 valence electrons. The van der Waals surface area contributed by atoms with Gasteiger partial charge >= 0.3 is 0 Å². The van der Waals surface area contributed by atoms with Crippen LogP contribution in [0.2, 0.25) is 0 Å². The molecule has 0 radical (unpaired) electrons. The van der Waals surface area contributed by atoms with Crippen LogP contribution < -0.4 is 4.90 Å². The molecule has 3 nitrogen and oxygen atoms in total. The van der Waals surface area contributed by atoms with Gasteiger partial charge in [-0.15, -0.1) is 0 Å². The van der Waals surface area contributed by atoms with Crippen molar-refractivity contribution < 1.29 is 9.90 Å². The zero-order valence-corrected chi connectivity index (χ0v) is 12.1. The van der Waals surface area contributed by atoms with Crippen LogP contribution in [0.3, 0.4) is 0 Å². The van der Waals surface area contributed by atoms with Crippen LogP contribution in [-0.2, 0) is 0 Å². The largest absolute Gasteiger partial charge is 0.508 e. The molecule has 0 spiro atoms. The van der Waals surface area contributed by atoms with Gasteiger partial charge in [0.05, 0.1) is 0 Å². The van der Waals surface area contributed by atoms with Crippen LogP contribution in [0.1, 0.15) is 28.4 Å². The van der Waals surface area contributed by atoms with Crippen LogP contribution in [0.4, 0.5) is 5.69 Å². The van der Waals surface area contributed by atoms with E-state index in [1.165, 1.54) is 0 Å². The molecular weight excluding hydrogens is 250 g/mol. The number of carbonyl (C=O) groups is 1. The molecule has 1 amide bonds. The SMILES string of the molecule is CCN(C(=O)c1ccc(C)cc1C)c1cccc(O)c1. The summed E-state index contributed by atoms with van der Waals surface area (Å²) in [4.78, 5) is 14.3. The highest BCUT2D eigenvalue weighted by molar-refractivity contribution is 6.07. The Morgan fingerprint density at radius 3 is 2.50 bits per heavy atom. The number of hydrogen-bond donors (Lipinski definition) is 1. The minimum atomic E-state index is -0.0457. The van der Waals surface area contributed by atoms with Crippen molar-refractivity contribution >= 4 is 11.6 Å². The highest BCUT2D eigenvalue weighted by Gasteiger charge is 2.18. The van der Waals surface area contributed by atoms with E-state index in [-0.39, 0.29) is 11.7 Å². The second kappa shape index (κ2) is 5.78. The Bertz CT molecular complexity index is 635. The van der Waals surface area contributed by atoms with Crippen LogP contribution in [0.15, 0.2) is 42.5 Å². The molecule has 0 aliphatic rings. The molecule has 0 saturated heterocycles. The minimum absolute atomic E-state index is 0.0457. The first-order valence-electron chi connectivity index (χ1n) is 6.71. The summed E-state index contributed by atoms with van der Waals surface area (Å²) in [5, 5.41) is 9.56. The summed E-state index contributed by atoms with van der Waals surface area (Å²) in [5.41, 5.74) is 3.51. The predicted octanol–water partition coefficient (Wildman–Crippen LogP) is 3.68. The molecule has 0 saturated carbocycles. The minimum Gasteiger partial charge on any atom is -0.508 e. The molecule has 1 N–H and O–H groups in total. The zero-order chi connectivity index (χ0) is 14.7. The number of aryl methyl sites for hydroxylation is 2. The number of benzene rings is 2. The number of phenols is 1. The van der Waals surface area contributed by atoms with Crippen molar-refractivity contribution in [3.8, 4) is 5.75 Å². The van der Waals surface area contributed by atoms with Gasteiger partial charge in [0.1, 0.15) is 5.75 Å². The lowest BCUT2D eigenvalue weighted by Crippen LogP contribution is -2.31. The number of nitrogens with zero attached hydrogens (tertiary/aromatic N) is 1. The summed E-state index contributed by atoms with van der Waals surface area (Å²) in [5.74, 6) is 0.116. The maximum atomic E-state index is 12.7. The lowest BCUT2D eigenvalue weighted by Gasteiger charge is -2.22. The smallest absolute Gasteiger partial charge is 0.258 e. The molecule has 2 aromatic rings. The Labute approximate surface area is 119 Å². The van der Waals surface area contributed by atoms with Crippen molar-refractivity contribution in [2.45, 2.75) is 20.8 Å². The molecule has 0 bridgehead atoms. The molecule has 2 rings (SSSR count). The van der Waals surface area contributed by atoms with Gasteiger partial charge in [-0.05, 0) is 44.5 Å². The molecule has 20 heavy (non-hydrogen) atoms. The van der Waals surface area contributed by atoms with Crippen LogP contribution in [0, 0.1) is 13.8 Å². The average Bonchev–Trinajstić information content (AvgIpc) is 2.39. The second-order valence-electron chi connectivity index (χ2n) is 4.89. The number of hydrogen-bond acceptors (Lipinski definition) is 2. The van der Waals surface area contributed by atoms with E-state index in [9.17, 15) is 9.90 Å². The fraction of sp³-hybridized carbons (Fsp3) is 0.235. The monoisotopic (exact) mass is 269 g/mol. The lowest BCUT2D eigenvalue weighted by atomic mass is 10.0. The number of rotatable bonds is 3. The summed E-state index contributed by atoms with van der Waals surface area (Å²) in [6, 6.07) is 12.6. The maximum absolute atomic E-state index is 12.7. The van der Waals surface area contributed by atoms with Gasteiger partial charge in [0.15, 0.2) is 0 Å². The summed E-state index contributed by atoms with van der Waals surface area (Å²) < 4.78 is 0. The van der Waals surface area contributed by atoms with Crippen molar-refractivity contribution in [1.82, 2.24) is 0 Å². The average molecular weight is 269 g/mol. The van der Waals surface area contributed by atoms with Gasteiger partial charge in [-0.25, -0.2) is 0 Å². The summed E-state index contributed by atoms with van der Waals surface area (Å²) >= 11 is 0. The van der Waals surface area contributed by atoms with Crippen LogP contribution in [0.25, 0.3) is 0 Å². The molecule has 0 unspecified atom stereocenters. The molecule has 2 aromatic carbocycles. The second-order valence-corrected chi connectivity index (χ2v) is 4.89. The van der Waals surface area contributed by atoms with Crippen molar-refractivity contribution in [2.75, 3.05) is 11.4 Å². The standard InChI is InChI=1S/C17H19NO2/c1-4-18(14-6-5-7-15(19)11-14)17(20)16-9-8-12(2)10-13(16)3/h5-11,19H,4H2,1-3H3. The van der Waals surface area contributed by atoms with Gasteiger partial charge in [-0.2, -0.15) is 0 Å². The van der Waals surface area contributed by atoms with Crippen molar-refractivity contribution in [3.63, 3.8) is 0 Å². The van der Waals surface area contributed by atoms with Gasteiger partial charge in [0, 0.05) is 23.9 Å². The molecule has 3 heteroatoms. The fourth-order valence-electron chi connectivity index (χ4n) is 2.30. The van der Waals surface area contributed by atoms with Crippen LogP contribution in [-0.4, -0.2) is 17.6 Å². The molecule has 0 aliphatic heterocycles. The number of carbonyl (C=O) groups excluding carboxylic acids is 1. The van der Waals surface area contributed by atoms with Gasteiger partial charge in [-0.3, -0.25) is 4.79 Å². The van der Waals surface area contributed by atoms with E-state index < -0.39 is 0 Å². The van der Waals surface area contributed by atoms with E-state index in [0.29, 0.717) is 17.8 Å². The van der Waals surface area contributed by atoms with Crippen LogP contribution in [0.5, 0.6) is 5.75 Å². The number of aromatic hydroxyl groups is 1. The van der Waals surface area contributed by atoms with Crippen molar-refractivity contribution in [3.05, 3.63) is 59.2 Å². The van der Waals surface area contributed by atoms with E-state index in [1.54, 1.807) is 23.1 Å².